The summed E-state index contributed by atoms with van der Waals surface area (Å²) in [6.45, 7) is 0.659. The average Bonchev–Trinajstić information content (AvgIpc) is 2.83. The molecule has 1 atom stereocenters. The molecule has 1 saturated heterocycles. The van der Waals surface area contributed by atoms with Gasteiger partial charge in [-0.25, -0.2) is 4.68 Å². The van der Waals surface area contributed by atoms with Crippen LogP contribution < -0.4 is 0 Å². The van der Waals surface area contributed by atoms with Crippen molar-refractivity contribution in [2.75, 3.05) is 6.61 Å². The predicted octanol–water partition coefficient (Wildman–Crippen LogP) is 2.04. The van der Waals surface area contributed by atoms with E-state index in [1.165, 1.54) is 10.7 Å². The number of fused-ring (bicyclic) bond motifs is 1. The van der Waals surface area contributed by atoms with Gasteiger partial charge in [0.2, 0.25) is 0 Å². The molecular formula is C11H12N4O3. The van der Waals surface area contributed by atoms with Crippen molar-refractivity contribution in [3.63, 3.8) is 0 Å². The van der Waals surface area contributed by atoms with Gasteiger partial charge < -0.3 is 4.74 Å². The Morgan fingerprint density at radius 1 is 1.44 bits per heavy atom. The van der Waals surface area contributed by atoms with Crippen LogP contribution in [0.5, 0.6) is 0 Å². The Bertz CT molecular complexity index is 589. The Labute approximate surface area is 102 Å². The molecule has 0 spiro atoms. The van der Waals surface area contributed by atoms with Crippen molar-refractivity contribution < 1.29 is 9.66 Å². The molecule has 0 amide bonds. The quantitative estimate of drug-likeness (QED) is 0.599. The van der Waals surface area contributed by atoms with Crippen molar-refractivity contribution in [3.8, 4) is 0 Å². The van der Waals surface area contributed by atoms with Crippen LogP contribution in [0.1, 0.15) is 25.5 Å². The first-order valence-electron chi connectivity index (χ1n) is 5.87. The zero-order valence-electron chi connectivity index (χ0n) is 9.65. The van der Waals surface area contributed by atoms with Crippen LogP contribution in [0.25, 0.3) is 11.0 Å². The minimum Gasteiger partial charge on any atom is -0.356 e. The first kappa shape index (κ1) is 11.1. The molecular weight excluding hydrogens is 236 g/mol. The maximum absolute atomic E-state index is 11.0. The molecule has 2 heterocycles. The van der Waals surface area contributed by atoms with Gasteiger partial charge in [-0.1, -0.05) is 11.3 Å². The second kappa shape index (κ2) is 4.34. The number of aromatic nitrogens is 3. The number of rotatable bonds is 2. The number of hydrogen-bond donors (Lipinski definition) is 0. The van der Waals surface area contributed by atoms with Crippen LogP contribution in [0, 0.1) is 10.1 Å². The highest BCUT2D eigenvalue weighted by molar-refractivity contribution is 5.84. The summed E-state index contributed by atoms with van der Waals surface area (Å²) in [6, 6.07) is 4.79. The van der Waals surface area contributed by atoms with Gasteiger partial charge in [-0.05, 0) is 25.3 Å². The Morgan fingerprint density at radius 2 is 2.33 bits per heavy atom. The predicted molar refractivity (Wildman–Crippen MR) is 63.0 cm³/mol. The van der Waals surface area contributed by atoms with Gasteiger partial charge in [-0.2, -0.15) is 0 Å². The van der Waals surface area contributed by atoms with E-state index < -0.39 is 4.92 Å². The largest absolute Gasteiger partial charge is 0.356 e. The van der Waals surface area contributed by atoms with Gasteiger partial charge in [0.15, 0.2) is 11.7 Å². The van der Waals surface area contributed by atoms with Crippen molar-refractivity contribution in [2.45, 2.75) is 25.5 Å². The molecule has 1 aliphatic heterocycles. The summed E-state index contributed by atoms with van der Waals surface area (Å²) in [5, 5.41) is 19.0. The van der Waals surface area contributed by atoms with E-state index in [2.05, 4.69) is 10.3 Å². The summed E-state index contributed by atoms with van der Waals surface area (Å²) in [4.78, 5) is 10.6. The summed E-state index contributed by atoms with van der Waals surface area (Å²) in [5.74, 6) is 0. The second-order valence-corrected chi connectivity index (χ2v) is 4.26. The van der Waals surface area contributed by atoms with Crippen molar-refractivity contribution >= 4 is 16.7 Å². The molecule has 2 aromatic rings. The fourth-order valence-electron chi connectivity index (χ4n) is 2.24. The zero-order chi connectivity index (χ0) is 12.5. The van der Waals surface area contributed by atoms with E-state index in [1.807, 2.05) is 0 Å². The van der Waals surface area contributed by atoms with Crippen LogP contribution in [0.4, 0.5) is 5.69 Å². The van der Waals surface area contributed by atoms with E-state index >= 15 is 0 Å². The molecule has 0 radical (unpaired) electrons. The van der Waals surface area contributed by atoms with Crippen LogP contribution in [0.2, 0.25) is 0 Å². The number of non-ortho nitro benzene ring substituents is 1. The van der Waals surface area contributed by atoms with Gasteiger partial charge in [0.25, 0.3) is 5.69 Å². The number of nitro benzene ring substituents is 1. The molecule has 0 saturated carbocycles. The molecule has 0 N–H and O–H groups in total. The monoisotopic (exact) mass is 248 g/mol. The number of nitro groups is 1. The molecule has 18 heavy (non-hydrogen) atoms. The minimum atomic E-state index is -0.412. The SMILES string of the molecule is O=[N+]([O-])c1cccc2nnn(C3CCCCO3)c12. The van der Waals surface area contributed by atoms with E-state index in [1.54, 1.807) is 12.1 Å². The number of benzene rings is 1. The third-order valence-electron chi connectivity index (χ3n) is 3.10. The lowest BCUT2D eigenvalue weighted by molar-refractivity contribution is -0.383. The van der Waals surface area contributed by atoms with Crippen LogP contribution >= 0.6 is 0 Å². The van der Waals surface area contributed by atoms with Crippen LogP contribution in [0.3, 0.4) is 0 Å². The number of nitrogens with zero attached hydrogens (tertiary/aromatic N) is 4. The molecule has 94 valence electrons. The molecule has 1 fully saturated rings. The summed E-state index contributed by atoms with van der Waals surface area (Å²) >= 11 is 0. The van der Waals surface area contributed by atoms with Gasteiger partial charge in [0.05, 0.1) is 4.92 Å². The normalized spacial score (nSPS) is 20.1. The molecule has 7 heteroatoms. The Balaban J connectivity index is 2.14. The van der Waals surface area contributed by atoms with Gasteiger partial charge in [0.1, 0.15) is 5.52 Å². The highest BCUT2D eigenvalue weighted by atomic mass is 16.6. The topological polar surface area (TPSA) is 83.1 Å². The second-order valence-electron chi connectivity index (χ2n) is 4.26. The summed E-state index contributed by atoms with van der Waals surface area (Å²) in [5.41, 5.74) is 0.986. The third-order valence-corrected chi connectivity index (χ3v) is 3.10. The molecule has 1 aromatic carbocycles. The Kier molecular flexibility index (Phi) is 2.67. The van der Waals surface area contributed by atoms with E-state index in [0.29, 0.717) is 17.6 Å². The number of para-hydroxylation sites is 1. The van der Waals surface area contributed by atoms with Gasteiger partial charge in [-0.3, -0.25) is 10.1 Å². The first-order chi connectivity index (χ1) is 8.77. The average molecular weight is 248 g/mol. The van der Waals surface area contributed by atoms with E-state index in [4.69, 9.17) is 4.74 Å². The Morgan fingerprint density at radius 3 is 3.06 bits per heavy atom. The lowest BCUT2D eigenvalue weighted by Crippen LogP contribution is -2.19. The smallest absolute Gasteiger partial charge is 0.296 e. The van der Waals surface area contributed by atoms with E-state index in [9.17, 15) is 10.1 Å². The van der Waals surface area contributed by atoms with Crippen LogP contribution in [0.15, 0.2) is 18.2 Å². The molecule has 1 aliphatic rings. The standard InChI is InChI=1S/C11H12N4O3/c16-15(17)9-5-3-4-8-11(9)14(13-12-8)10-6-1-2-7-18-10/h3-5,10H,1-2,6-7H2. The summed E-state index contributed by atoms with van der Waals surface area (Å²) < 4.78 is 7.14. The van der Waals surface area contributed by atoms with Gasteiger partial charge in [-0.15, -0.1) is 5.10 Å². The van der Waals surface area contributed by atoms with E-state index in [-0.39, 0.29) is 11.9 Å². The van der Waals surface area contributed by atoms with Gasteiger partial charge >= 0.3 is 0 Å². The molecule has 3 rings (SSSR count). The van der Waals surface area contributed by atoms with Crippen molar-refractivity contribution in [3.05, 3.63) is 28.3 Å². The van der Waals surface area contributed by atoms with Crippen molar-refractivity contribution in [1.82, 2.24) is 15.0 Å². The summed E-state index contributed by atoms with van der Waals surface area (Å²) in [7, 11) is 0. The fourth-order valence-corrected chi connectivity index (χ4v) is 2.24. The maximum Gasteiger partial charge on any atom is 0.296 e. The Hall–Kier alpha value is -2.02. The third kappa shape index (κ3) is 1.72. The van der Waals surface area contributed by atoms with Crippen LogP contribution in [-0.4, -0.2) is 26.5 Å². The maximum atomic E-state index is 11.0. The molecule has 1 aromatic heterocycles. The summed E-state index contributed by atoms with van der Waals surface area (Å²) in [6.07, 6.45) is 2.62. The fraction of sp³-hybridized carbons (Fsp3) is 0.455. The first-order valence-corrected chi connectivity index (χ1v) is 5.87. The highest BCUT2D eigenvalue weighted by Crippen LogP contribution is 2.29. The molecule has 0 aliphatic carbocycles. The van der Waals surface area contributed by atoms with Crippen LogP contribution in [-0.2, 0) is 4.74 Å². The van der Waals surface area contributed by atoms with Gasteiger partial charge in [0, 0.05) is 12.7 Å². The molecule has 1 unspecified atom stereocenters. The van der Waals surface area contributed by atoms with E-state index in [0.717, 1.165) is 19.3 Å². The number of hydrogen-bond acceptors (Lipinski definition) is 5. The molecule has 7 nitrogen and oxygen atoms in total. The number of ether oxygens (including phenoxy) is 1. The lowest BCUT2D eigenvalue weighted by atomic mass is 10.2. The minimum absolute atomic E-state index is 0.0201. The molecule has 0 bridgehead atoms. The van der Waals surface area contributed by atoms with Crippen molar-refractivity contribution in [2.24, 2.45) is 0 Å². The zero-order valence-corrected chi connectivity index (χ0v) is 9.65. The highest BCUT2D eigenvalue weighted by Gasteiger charge is 2.24. The lowest BCUT2D eigenvalue weighted by Gasteiger charge is -2.22. The van der Waals surface area contributed by atoms with Crippen molar-refractivity contribution in [1.29, 1.82) is 0 Å².